The van der Waals surface area contributed by atoms with Crippen LogP contribution in [0.25, 0.3) is 0 Å². The summed E-state index contributed by atoms with van der Waals surface area (Å²) in [5.74, 6) is 0.583. The smallest absolute Gasteiger partial charge is 0.243 e. The van der Waals surface area contributed by atoms with E-state index >= 15 is 0 Å². The lowest BCUT2D eigenvalue weighted by Crippen LogP contribution is -2.46. The maximum atomic E-state index is 13.1. The van der Waals surface area contributed by atoms with Gasteiger partial charge >= 0.3 is 0 Å². The van der Waals surface area contributed by atoms with Crippen LogP contribution in [0.4, 0.5) is 0 Å². The van der Waals surface area contributed by atoms with Gasteiger partial charge in [0.15, 0.2) is 0 Å². The van der Waals surface area contributed by atoms with Crippen LogP contribution in [0.5, 0.6) is 5.75 Å². The Morgan fingerprint density at radius 1 is 1.13 bits per heavy atom. The van der Waals surface area contributed by atoms with Gasteiger partial charge in [0.2, 0.25) is 15.9 Å². The predicted octanol–water partition coefficient (Wildman–Crippen LogP) is 4.00. The summed E-state index contributed by atoms with van der Waals surface area (Å²) in [4.78, 5) is 13.3. The standard InChI is InChI=1S/C24H32N2O4S/c1-18(2)16-23(19-8-5-4-6-9-19)25-24(27)20-10-7-15-26(17-20)31(28,29)22-13-11-21(30-3)12-14-22/h4-6,8-9,11-14,18,20,23H,7,10,15-17H2,1-3H3,(H,25,27)/t20-,23-/m0/s1. The Bertz CT molecular complexity index is 959. The van der Waals surface area contributed by atoms with E-state index in [1.807, 2.05) is 30.3 Å². The van der Waals surface area contributed by atoms with Gasteiger partial charge in [0.25, 0.3) is 0 Å². The first kappa shape index (κ1) is 23.3. The SMILES string of the molecule is COc1ccc(S(=O)(=O)N2CCC[C@H](C(=O)N[C@@H](CC(C)C)c3ccccc3)C2)cc1. The summed E-state index contributed by atoms with van der Waals surface area (Å²) in [5.41, 5.74) is 1.07. The molecule has 1 heterocycles. The fourth-order valence-corrected chi connectivity index (χ4v) is 5.52. The van der Waals surface area contributed by atoms with Crippen molar-refractivity contribution in [3.05, 3.63) is 60.2 Å². The number of ether oxygens (including phenoxy) is 1. The minimum absolute atomic E-state index is 0.0795. The van der Waals surface area contributed by atoms with Gasteiger partial charge in [0.05, 0.1) is 24.0 Å². The Labute approximate surface area is 185 Å². The molecule has 168 valence electrons. The molecule has 0 unspecified atom stereocenters. The molecule has 0 radical (unpaired) electrons. The third-order valence-electron chi connectivity index (χ3n) is 5.68. The average molecular weight is 445 g/mol. The molecule has 2 aromatic carbocycles. The molecule has 0 bridgehead atoms. The molecule has 1 amide bonds. The molecule has 1 N–H and O–H groups in total. The van der Waals surface area contributed by atoms with Crippen LogP contribution >= 0.6 is 0 Å². The Balaban J connectivity index is 1.71. The van der Waals surface area contributed by atoms with E-state index in [1.54, 1.807) is 31.4 Å². The first-order chi connectivity index (χ1) is 14.8. The second-order valence-corrected chi connectivity index (χ2v) is 10.4. The van der Waals surface area contributed by atoms with E-state index in [0.29, 0.717) is 31.1 Å². The van der Waals surface area contributed by atoms with Gasteiger partial charge in [0, 0.05) is 13.1 Å². The van der Waals surface area contributed by atoms with Crippen LogP contribution < -0.4 is 10.1 Å². The van der Waals surface area contributed by atoms with E-state index in [1.165, 1.54) is 4.31 Å². The molecule has 1 saturated heterocycles. The Morgan fingerprint density at radius 2 is 1.81 bits per heavy atom. The zero-order valence-corrected chi connectivity index (χ0v) is 19.3. The number of piperidine rings is 1. The first-order valence-corrected chi connectivity index (χ1v) is 12.2. The molecule has 2 aromatic rings. The lowest BCUT2D eigenvalue weighted by atomic mass is 9.94. The van der Waals surface area contributed by atoms with Crippen LogP contribution in [-0.2, 0) is 14.8 Å². The number of carbonyl (C=O) groups is 1. The van der Waals surface area contributed by atoms with E-state index in [0.717, 1.165) is 12.0 Å². The van der Waals surface area contributed by atoms with Crippen LogP contribution in [0.2, 0.25) is 0 Å². The van der Waals surface area contributed by atoms with E-state index in [2.05, 4.69) is 19.2 Å². The number of hydrogen-bond acceptors (Lipinski definition) is 4. The monoisotopic (exact) mass is 444 g/mol. The Hall–Kier alpha value is -2.38. The highest BCUT2D eigenvalue weighted by Crippen LogP contribution is 2.27. The molecule has 1 fully saturated rings. The fraction of sp³-hybridized carbons (Fsp3) is 0.458. The van der Waals surface area contributed by atoms with Crippen molar-refractivity contribution in [1.29, 1.82) is 0 Å². The highest BCUT2D eigenvalue weighted by Gasteiger charge is 2.34. The lowest BCUT2D eigenvalue weighted by Gasteiger charge is -2.32. The molecule has 0 saturated carbocycles. The zero-order valence-electron chi connectivity index (χ0n) is 18.5. The number of rotatable bonds is 8. The van der Waals surface area contributed by atoms with E-state index in [-0.39, 0.29) is 29.3 Å². The van der Waals surface area contributed by atoms with Gasteiger partial charge in [-0.25, -0.2) is 8.42 Å². The van der Waals surface area contributed by atoms with Crippen LogP contribution in [0, 0.1) is 11.8 Å². The highest BCUT2D eigenvalue weighted by atomic mass is 32.2. The van der Waals surface area contributed by atoms with Gasteiger partial charge in [-0.2, -0.15) is 4.31 Å². The number of benzene rings is 2. The second-order valence-electron chi connectivity index (χ2n) is 8.48. The Kier molecular flexibility index (Phi) is 7.73. The van der Waals surface area contributed by atoms with E-state index in [4.69, 9.17) is 4.74 Å². The quantitative estimate of drug-likeness (QED) is 0.668. The van der Waals surface area contributed by atoms with Crippen molar-refractivity contribution >= 4 is 15.9 Å². The summed E-state index contributed by atoms with van der Waals surface area (Å²) in [6, 6.07) is 16.2. The molecular weight excluding hydrogens is 412 g/mol. The number of nitrogens with zero attached hydrogens (tertiary/aromatic N) is 1. The topological polar surface area (TPSA) is 75.7 Å². The first-order valence-electron chi connectivity index (χ1n) is 10.8. The number of carbonyl (C=O) groups excluding carboxylic acids is 1. The van der Waals surface area contributed by atoms with E-state index in [9.17, 15) is 13.2 Å². The molecule has 0 spiro atoms. The molecule has 1 aliphatic heterocycles. The van der Waals surface area contributed by atoms with Gasteiger partial charge in [0.1, 0.15) is 5.75 Å². The summed E-state index contributed by atoms with van der Waals surface area (Å²) in [6.45, 7) is 4.88. The lowest BCUT2D eigenvalue weighted by molar-refractivity contribution is -0.127. The van der Waals surface area contributed by atoms with Crippen LogP contribution in [0.15, 0.2) is 59.5 Å². The van der Waals surface area contributed by atoms with Crippen molar-refractivity contribution < 1.29 is 17.9 Å². The predicted molar refractivity (Wildman–Crippen MR) is 121 cm³/mol. The van der Waals surface area contributed by atoms with Crippen molar-refractivity contribution in [2.24, 2.45) is 11.8 Å². The van der Waals surface area contributed by atoms with Crippen molar-refractivity contribution in [2.75, 3.05) is 20.2 Å². The van der Waals surface area contributed by atoms with Crippen molar-refractivity contribution in [1.82, 2.24) is 9.62 Å². The minimum atomic E-state index is -3.66. The van der Waals surface area contributed by atoms with Crippen molar-refractivity contribution in [3.63, 3.8) is 0 Å². The van der Waals surface area contributed by atoms with Crippen molar-refractivity contribution in [3.8, 4) is 5.75 Å². The largest absolute Gasteiger partial charge is 0.497 e. The molecule has 0 aliphatic carbocycles. The third kappa shape index (κ3) is 5.86. The zero-order chi connectivity index (χ0) is 22.4. The fourth-order valence-electron chi connectivity index (χ4n) is 4.00. The van der Waals surface area contributed by atoms with Gasteiger partial charge in [-0.1, -0.05) is 44.2 Å². The molecule has 3 rings (SSSR count). The summed E-state index contributed by atoms with van der Waals surface area (Å²) < 4.78 is 32.7. The maximum Gasteiger partial charge on any atom is 0.243 e. The van der Waals surface area contributed by atoms with Gasteiger partial charge in [-0.3, -0.25) is 4.79 Å². The number of nitrogens with one attached hydrogen (secondary N) is 1. The van der Waals surface area contributed by atoms with Crippen molar-refractivity contribution in [2.45, 2.75) is 44.0 Å². The third-order valence-corrected chi connectivity index (χ3v) is 7.56. The summed E-state index contributed by atoms with van der Waals surface area (Å²) in [6.07, 6.45) is 2.17. The van der Waals surface area contributed by atoms with Crippen LogP contribution in [0.3, 0.4) is 0 Å². The number of sulfonamides is 1. The molecule has 0 aromatic heterocycles. The normalized spacial score (nSPS) is 18.5. The Morgan fingerprint density at radius 3 is 2.42 bits per heavy atom. The number of amides is 1. The average Bonchev–Trinajstić information content (AvgIpc) is 2.79. The molecule has 6 nitrogen and oxygen atoms in total. The molecular formula is C24H32N2O4S. The van der Waals surface area contributed by atoms with Crippen LogP contribution in [0.1, 0.15) is 44.7 Å². The molecule has 1 aliphatic rings. The van der Waals surface area contributed by atoms with Gasteiger partial charge in [-0.05, 0) is 55.0 Å². The van der Waals surface area contributed by atoms with E-state index < -0.39 is 10.0 Å². The second kappa shape index (κ2) is 10.3. The summed E-state index contributed by atoms with van der Waals surface area (Å²) >= 11 is 0. The number of methoxy groups -OCH3 is 1. The van der Waals surface area contributed by atoms with Crippen LogP contribution in [-0.4, -0.2) is 38.8 Å². The minimum Gasteiger partial charge on any atom is -0.497 e. The maximum absolute atomic E-state index is 13.1. The highest BCUT2D eigenvalue weighted by molar-refractivity contribution is 7.89. The van der Waals surface area contributed by atoms with Gasteiger partial charge in [-0.15, -0.1) is 0 Å². The van der Waals surface area contributed by atoms with Gasteiger partial charge < -0.3 is 10.1 Å². The molecule has 2 atom stereocenters. The molecule has 31 heavy (non-hydrogen) atoms. The summed E-state index contributed by atoms with van der Waals surface area (Å²) in [5, 5.41) is 3.18. The summed E-state index contributed by atoms with van der Waals surface area (Å²) in [7, 11) is -2.11. The molecule has 7 heteroatoms. The number of hydrogen-bond donors (Lipinski definition) is 1.